The summed E-state index contributed by atoms with van der Waals surface area (Å²) in [6.45, 7) is 1.24. The minimum atomic E-state index is -1.09. The van der Waals surface area contributed by atoms with Gasteiger partial charge in [0.1, 0.15) is 5.75 Å². The number of nitrogens with zero attached hydrogens (tertiary/aromatic N) is 2. The van der Waals surface area contributed by atoms with Crippen LogP contribution < -0.4 is 4.74 Å². The van der Waals surface area contributed by atoms with Crippen molar-refractivity contribution in [1.82, 2.24) is 9.80 Å². The van der Waals surface area contributed by atoms with E-state index < -0.39 is 17.9 Å². The topological polar surface area (TPSA) is 96.4 Å². The molecular formula is C18H22N2O6. The first-order chi connectivity index (χ1) is 12.5. The van der Waals surface area contributed by atoms with Gasteiger partial charge in [0, 0.05) is 26.1 Å². The van der Waals surface area contributed by atoms with Crippen LogP contribution in [0.1, 0.15) is 12.0 Å². The molecule has 2 fully saturated rings. The van der Waals surface area contributed by atoms with E-state index >= 15 is 0 Å². The summed E-state index contributed by atoms with van der Waals surface area (Å²) in [5.41, 5.74) is 0.946. The number of methoxy groups -OCH3 is 1. The largest absolute Gasteiger partial charge is 0.497 e. The Labute approximate surface area is 151 Å². The molecule has 2 atom stereocenters. The number of likely N-dealkylation sites (tertiary alicyclic amines) is 1. The van der Waals surface area contributed by atoms with E-state index in [9.17, 15) is 19.5 Å². The molecule has 8 nitrogen and oxygen atoms in total. The molecule has 0 spiro atoms. The number of carboxylic acids is 1. The van der Waals surface area contributed by atoms with Crippen LogP contribution >= 0.6 is 0 Å². The smallest absolute Gasteiger partial charge is 0.328 e. The van der Waals surface area contributed by atoms with Crippen LogP contribution in [0, 0.1) is 5.92 Å². The fourth-order valence-corrected chi connectivity index (χ4v) is 3.35. The van der Waals surface area contributed by atoms with E-state index in [2.05, 4.69) is 0 Å². The molecule has 3 rings (SSSR count). The Morgan fingerprint density at radius 1 is 1.31 bits per heavy atom. The first kappa shape index (κ1) is 18.2. The zero-order chi connectivity index (χ0) is 18.7. The van der Waals surface area contributed by atoms with Gasteiger partial charge in [0.25, 0.3) is 0 Å². The summed E-state index contributed by atoms with van der Waals surface area (Å²) in [4.78, 5) is 39.4. The maximum Gasteiger partial charge on any atom is 0.328 e. The van der Waals surface area contributed by atoms with Crippen LogP contribution in [0.2, 0.25) is 0 Å². The molecule has 0 unspecified atom stereocenters. The van der Waals surface area contributed by atoms with Gasteiger partial charge in [0.05, 0.1) is 26.2 Å². The summed E-state index contributed by atoms with van der Waals surface area (Å²) in [5, 5.41) is 9.28. The number of morpholine rings is 1. The van der Waals surface area contributed by atoms with Crippen LogP contribution in [0.25, 0.3) is 0 Å². The summed E-state index contributed by atoms with van der Waals surface area (Å²) in [5.74, 6) is -1.25. The normalized spacial score (nSPS) is 23.2. The Hall–Kier alpha value is -2.61. The number of amides is 2. The van der Waals surface area contributed by atoms with Crippen molar-refractivity contribution in [2.45, 2.75) is 19.0 Å². The fourth-order valence-electron chi connectivity index (χ4n) is 3.35. The molecule has 2 aliphatic heterocycles. The molecule has 2 amide bonds. The number of carbonyl (C=O) groups excluding carboxylic acids is 2. The lowest BCUT2D eigenvalue weighted by Crippen LogP contribution is -2.54. The molecule has 0 saturated carbocycles. The van der Waals surface area contributed by atoms with E-state index in [1.807, 2.05) is 24.3 Å². The van der Waals surface area contributed by atoms with E-state index in [4.69, 9.17) is 9.47 Å². The second-order valence-corrected chi connectivity index (χ2v) is 6.48. The van der Waals surface area contributed by atoms with Crippen LogP contribution in [0.15, 0.2) is 24.3 Å². The van der Waals surface area contributed by atoms with Crippen LogP contribution in [0.4, 0.5) is 0 Å². The number of hydrogen-bond donors (Lipinski definition) is 1. The maximum absolute atomic E-state index is 12.8. The van der Waals surface area contributed by atoms with Crippen LogP contribution in [0.3, 0.4) is 0 Å². The van der Waals surface area contributed by atoms with Crippen molar-refractivity contribution in [1.29, 1.82) is 0 Å². The number of hydrogen-bond acceptors (Lipinski definition) is 5. The summed E-state index contributed by atoms with van der Waals surface area (Å²) in [7, 11) is 1.59. The van der Waals surface area contributed by atoms with Crippen molar-refractivity contribution in [3.05, 3.63) is 29.8 Å². The third kappa shape index (κ3) is 3.80. The molecule has 26 heavy (non-hydrogen) atoms. The Bertz CT molecular complexity index is 689. The Kier molecular flexibility index (Phi) is 5.41. The number of rotatable bonds is 5. The molecule has 2 saturated heterocycles. The van der Waals surface area contributed by atoms with Gasteiger partial charge in [-0.1, -0.05) is 12.1 Å². The summed E-state index contributed by atoms with van der Waals surface area (Å²) < 4.78 is 10.3. The lowest BCUT2D eigenvalue weighted by Gasteiger charge is -2.34. The molecule has 0 aliphatic carbocycles. The van der Waals surface area contributed by atoms with Gasteiger partial charge in [-0.25, -0.2) is 4.79 Å². The van der Waals surface area contributed by atoms with Crippen molar-refractivity contribution >= 4 is 17.8 Å². The third-order valence-electron chi connectivity index (χ3n) is 4.79. The van der Waals surface area contributed by atoms with Gasteiger partial charge in [0.2, 0.25) is 11.8 Å². The Morgan fingerprint density at radius 3 is 2.69 bits per heavy atom. The molecule has 1 aromatic rings. The maximum atomic E-state index is 12.8. The number of aliphatic carboxylic acids is 1. The second kappa shape index (κ2) is 7.74. The SMILES string of the molecule is COc1ccc(CN2C[C@@H](C(=O)N3CCOC[C@H]3C(=O)O)CC2=O)cc1. The van der Waals surface area contributed by atoms with Crippen molar-refractivity contribution in [2.75, 3.05) is 33.4 Å². The molecule has 8 heteroatoms. The van der Waals surface area contributed by atoms with E-state index in [0.717, 1.165) is 11.3 Å². The van der Waals surface area contributed by atoms with Crippen LogP contribution in [-0.4, -0.2) is 72.1 Å². The standard InChI is InChI=1S/C18H22N2O6/c1-25-14-4-2-12(3-5-14)9-19-10-13(8-16(19)21)17(22)20-6-7-26-11-15(20)18(23)24/h2-5,13,15H,6-11H2,1H3,(H,23,24)/t13-,15-/m0/s1. The molecule has 0 aromatic heterocycles. The molecule has 1 aromatic carbocycles. The molecule has 1 N–H and O–H groups in total. The minimum absolute atomic E-state index is 0.0166. The third-order valence-corrected chi connectivity index (χ3v) is 4.79. The highest BCUT2D eigenvalue weighted by molar-refractivity contribution is 5.91. The zero-order valence-electron chi connectivity index (χ0n) is 14.6. The van der Waals surface area contributed by atoms with Gasteiger partial charge in [-0.15, -0.1) is 0 Å². The summed E-state index contributed by atoms with van der Waals surface area (Å²) >= 11 is 0. The molecular weight excluding hydrogens is 340 g/mol. The molecule has 2 heterocycles. The predicted octanol–water partition coefficient (Wildman–Crippen LogP) is 0.356. The van der Waals surface area contributed by atoms with Crippen molar-refractivity contribution in [3.8, 4) is 5.75 Å². The second-order valence-electron chi connectivity index (χ2n) is 6.48. The molecule has 0 radical (unpaired) electrons. The lowest BCUT2D eigenvalue weighted by atomic mass is 10.1. The summed E-state index contributed by atoms with van der Waals surface area (Å²) in [6.07, 6.45) is 0.110. The van der Waals surface area contributed by atoms with Gasteiger partial charge in [-0.2, -0.15) is 0 Å². The van der Waals surface area contributed by atoms with E-state index in [1.165, 1.54) is 4.90 Å². The van der Waals surface area contributed by atoms with Gasteiger partial charge < -0.3 is 24.4 Å². The van der Waals surface area contributed by atoms with Crippen molar-refractivity contribution in [3.63, 3.8) is 0 Å². The van der Waals surface area contributed by atoms with Gasteiger partial charge in [-0.3, -0.25) is 9.59 Å². The monoisotopic (exact) mass is 362 g/mol. The average molecular weight is 362 g/mol. The van der Waals surface area contributed by atoms with Gasteiger partial charge in [-0.05, 0) is 17.7 Å². The van der Waals surface area contributed by atoms with E-state index in [1.54, 1.807) is 12.0 Å². The fraction of sp³-hybridized carbons (Fsp3) is 0.500. The van der Waals surface area contributed by atoms with Crippen LogP contribution in [0.5, 0.6) is 5.75 Å². The Morgan fingerprint density at radius 2 is 2.04 bits per heavy atom. The van der Waals surface area contributed by atoms with E-state index in [0.29, 0.717) is 19.7 Å². The quantitative estimate of drug-likeness (QED) is 0.812. The number of carboxylic acid groups (broad SMARTS) is 1. The minimum Gasteiger partial charge on any atom is -0.497 e. The highest BCUT2D eigenvalue weighted by Gasteiger charge is 2.41. The average Bonchev–Trinajstić information content (AvgIpc) is 3.02. The predicted molar refractivity (Wildman–Crippen MR) is 90.5 cm³/mol. The molecule has 0 bridgehead atoms. The highest BCUT2D eigenvalue weighted by atomic mass is 16.5. The van der Waals surface area contributed by atoms with Crippen molar-refractivity contribution in [2.24, 2.45) is 5.92 Å². The molecule has 140 valence electrons. The number of benzene rings is 1. The summed E-state index contributed by atoms with van der Waals surface area (Å²) in [6, 6.07) is 6.42. The van der Waals surface area contributed by atoms with Crippen molar-refractivity contribution < 1.29 is 29.0 Å². The Balaban J connectivity index is 1.64. The molecule has 2 aliphatic rings. The first-order valence-corrected chi connectivity index (χ1v) is 8.51. The number of carbonyl (C=O) groups is 3. The van der Waals surface area contributed by atoms with Gasteiger partial charge >= 0.3 is 5.97 Å². The first-order valence-electron chi connectivity index (χ1n) is 8.51. The van der Waals surface area contributed by atoms with Gasteiger partial charge in [0.15, 0.2) is 6.04 Å². The van der Waals surface area contributed by atoms with E-state index in [-0.39, 0.29) is 31.4 Å². The highest BCUT2D eigenvalue weighted by Crippen LogP contribution is 2.24. The number of ether oxygens (including phenoxy) is 2. The zero-order valence-corrected chi connectivity index (χ0v) is 14.6. The lowest BCUT2D eigenvalue weighted by molar-refractivity contribution is -0.160. The van der Waals surface area contributed by atoms with Crippen LogP contribution in [-0.2, 0) is 25.7 Å².